The number of hydrogen-bond donors (Lipinski definition) is 2. The van der Waals surface area contributed by atoms with Gasteiger partial charge < -0.3 is 15.0 Å². The Kier molecular flexibility index (Phi) is 6.03. The average molecular weight is 484 g/mol. The number of imide groups is 1. The van der Waals surface area contributed by atoms with Crippen LogP contribution in [-0.2, 0) is 6.54 Å². The number of carbonyl (C=O) groups excluding carboxylic acids is 3. The van der Waals surface area contributed by atoms with E-state index in [9.17, 15) is 14.4 Å². The van der Waals surface area contributed by atoms with Gasteiger partial charge >= 0.3 is 18.1 Å². The molecule has 0 unspecified atom stereocenters. The molecule has 0 atom stereocenters. The van der Waals surface area contributed by atoms with Gasteiger partial charge in [-0.3, -0.25) is 5.32 Å². The molecule has 2 saturated heterocycles. The maximum absolute atomic E-state index is 13.6. The number of para-hydroxylation sites is 1. The smallest absolute Gasteiger partial charge is 0.343 e. The van der Waals surface area contributed by atoms with Crippen LogP contribution >= 0.6 is 0 Å². The summed E-state index contributed by atoms with van der Waals surface area (Å²) in [6, 6.07) is 20.3. The van der Waals surface area contributed by atoms with Gasteiger partial charge in [0.05, 0.1) is 17.9 Å². The number of carbonyl (C=O) groups is 3. The molecule has 3 aromatic rings. The molecule has 2 aliphatic heterocycles. The van der Waals surface area contributed by atoms with Crippen molar-refractivity contribution in [2.24, 2.45) is 0 Å². The van der Waals surface area contributed by atoms with Crippen LogP contribution in [0.3, 0.4) is 0 Å². The Balaban J connectivity index is 1.51. The Morgan fingerprint density at radius 1 is 0.889 bits per heavy atom. The second kappa shape index (κ2) is 9.46. The Hall–Kier alpha value is -4.79. The molecule has 0 spiro atoms. The van der Waals surface area contributed by atoms with E-state index in [-0.39, 0.29) is 18.4 Å². The van der Waals surface area contributed by atoms with E-state index in [0.717, 1.165) is 10.5 Å². The van der Waals surface area contributed by atoms with Crippen molar-refractivity contribution in [1.82, 2.24) is 15.5 Å². The molecule has 0 aliphatic carbocycles. The monoisotopic (exact) mass is 483 g/mol. The van der Waals surface area contributed by atoms with E-state index < -0.39 is 12.1 Å². The fraction of sp³-hybridized carbons (Fsp3) is 0.148. The lowest BCUT2D eigenvalue weighted by Crippen LogP contribution is -2.58. The van der Waals surface area contributed by atoms with Crippen molar-refractivity contribution in [3.63, 3.8) is 0 Å². The molecular weight excluding hydrogens is 458 g/mol. The molecular formula is C27H25N5O4. The number of hydrogen-bond acceptors (Lipinski definition) is 4. The third-order valence-corrected chi connectivity index (χ3v) is 5.95. The van der Waals surface area contributed by atoms with Gasteiger partial charge in [-0.1, -0.05) is 36.9 Å². The molecule has 182 valence electrons. The van der Waals surface area contributed by atoms with E-state index in [1.165, 1.54) is 4.90 Å². The molecule has 3 aromatic carbocycles. The third-order valence-electron chi connectivity index (χ3n) is 5.95. The SMILES string of the molecule is C=C1NC(=O)N(c2ccc(Oc3ccccc3)c(CN3CCNC3=O)c2)C(=O)N1c1cccc(C)c1. The van der Waals surface area contributed by atoms with E-state index in [0.29, 0.717) is 41.5 Å². The normalized spacial score (nSPS) is 15.8. The lowest BCUT2D eigenvalue weighted by molar-refractivity contribution is 0.215. The first-order valence-electron chi connectivity index (χ1n) is 11.5. The number of anilines is 2. The quantitative estimate of drug-likeness (QED) is 0.519. The predicted molar refractivity (Wildman–Crippen MR) is 136 cm³/mol. The molecule has 9 heteroatoms. The van der Waals surface area contributed by atoms with E-state index >= 15 is 0 Å². The van der Waals surface area contributed by atoms with Crippen molar-refractivity contribution >= 4 is 29.5 Å². The molecule has 36 heavy (non-hydrogen) atoms. The van der Waals surface area contributed by atoms with Crippen LogP contribution in [0.1, 0.15) is 11.1 Å². The molecule has 0 aromatic heterocycles. The van der Waals surface area contributed by atoms with Crippen LogP contribution in [0.5, 0.6) is 11.5 Å². The number of urea groups is 3. The van der Waals surface area contributed by atoms with Gasteiger partial charge in [0.15, 0.2) is 0 Å². The summed E-state index contributed by atoms with van der Waals surface area (Å²) in [4.78, 5) is 42.8. The largest absolute Gasteiger partial charge is 0.457 e. The molecule has 2 aliphatic rings. The molecule has 5 rings (SSSR count). The second-order valence-electron chi connectivity index (χ2n) is 8.53. The molecule has 2 N–H and O–H groups in total. The van der Waals surface area contributed by atoms with Crippen molar-refractivity contribution in [1.29, 1.82) is 0 Å². The molecule has 0 saturated carbocycles. The van der Waals surface area contributed by atoms with Gasteiger partial charge in [0.25, 0.3) is 0 Å². The predicted octanol–water partition coefficient (Wildman–Crippen LogP) is 4.94. The summed E-state index contributed by atoms with van der Waals surface area (Å²) in [5, 5.41) is 5.46. The Morgan fingerprint density at radius 2 is 1.67 bits per heavy atom. The lowest BCUT2D eigenvalue weighted by atomic mass is 10.1. The minimum atomic E-state index is -0.615. The molecule has 0 radical (unpaired) electrons. The Labute approximate surface area is 208 Å². The molecule has 0 bridgehead atoms. The van der Waals surface area contributed by atoms with Crippen LogP contribution < -0.4 is 25.2 Å². The molecule has 9 nitrogen and oxygen atoms in total. The number of benzene rings is 3. The van der Waals surface area contributed by atoms with Crippen LogP contribution in [0.25, 0.3) is 0 Å². The molecule has 2 heterocycles. The highest BCUT2D eigenvalue weighted by Crippen LogP contribution is 2.33. The van der Waals surface area contributed by atoms with Gasteiger partial charge in [0.1, 0.15) is 17.3 Å². The minimum Gasteiger partial charge on any atom is -0.457 e. The number of aryl methyl sites for hydroxylation is 1. The van der Waals surface area contributed by atoms with Crippen LogP contribution in [0.2, 0.25) is 0 Å². The summed E-state index contributed by atoms with van der Waals surface area (Å²) in [6.45, 7) is 7.12. The fourth-order valence-electron chi connectivity index (χ4n) is 4.21. The van der Waals surface area contributed by atoms with Gasteiger partial charge in [-0.05, 0) is 55.0 Å². The zero-order chi connectivity index (χ0) is 25.2. The van der Waals surface area contributed by atoms with Crippen LogP contribution in [0.15, 0.2) is 85.2 Å². The van der Waals surface area contributed by atoms with E-state index in [1.54, 1.807) is 29.2 Å². The topological polar surface area (TPSA) is 94.2 Å². The molecule has 2 fully saturated rings. The summed E-state index contributed by atoms with van der Waals surface area (Å²) < 4.78 is 6.08. The Bertz CT molecular complexity index is 1360. The number of nitrogens with zero attached hydrogens (tertiary/aromatic N) is 3. The summed E-state index contributed by atoms with van der Waals surface area (Å²) in [5.41, 5.74) is 2.55. The van der Waals surface area contributed by atoms with Gasteiger partial charge in [-0.15, -0.1) is 0 Å². The standard InChI is InChI=1S/C27H25N5O4/c1-18-7-6-8-21(15-18)31-19(2)29-26(34)32(27(31)35)22-11-12-24(36-23-9-4-3-5-10-23)20(16-22)17-30-14-13-28-25(30)33/h3-12,15-16H,2,13-14,17H2,1H3,(H,28,33)(H,29,34). The van der Waals surface area contributed by atoms with Gasteiger partial charge in [0, 0.05) is 18.7 Å². The first-order valence-corrected chi connectivity index (χ1v) is 11.5. The maximum Gasteiger partial charge on any atom is 0.343 e. The summed E-state index contributed by atoms with van der Waals surface area (Å²) in [5.74, 6) is 1.32. The van der Waals surface area contributed by atoms with Crippen molar-refractivity contribution < 1.29 is 19.1 Å². The van der Waals surface area contributed by atoms with Crippen LogP contribution in [0, 0.1) is 6.92 Å². The van der Waals surface area contributed by atoms with Crippen LogP contribution in [-0.4, -0.2) is 36.1 Å². The summed E-state index contributed by atoms with van der Waals surface area (Å²) in [7, 11) is 0. The highest BCUT2D eigenvalue weighted by atomic mass is 16.5. The first-order chi connectivity index (χ1) is 17.4. The fourth-order valence-corrected chi connectivity index (χ4v) is 4.21. The third kappa shape index (κ3) is 4.46. The zero-order valence-corrected chi connectivity index (χ0v) is 19.7. The highest BCUT2D eigenvalue weighted by Gasteiger charge is 2.37. The van der Waals surface area contributed by atoms with Crippen molar-refractivity contribution in [2.45, 2.75) is 13.5 Å². The number of rotatable bonds is 6. The lowest BCUT2D eigenvalue weighted by Gasteiger charge is -2.36. The maximum atomic E-state index is 13.6. The van der Waals surface area contributed by atoms with Gasteiger partial charge in [0.2, 0.25) is 0 Å². The first kappa shape index (κ1) is 23.0. The van der Waals surface area contributed by atoms with Crippen LogP contribution in [0.4, 0.5) is 25.8 Å². The van der Waals surface area contributed by atoms with Crippen molar-refractivity contribution in [3.8, 4) is 11.5 Å². The summed E-state index contributed by atoms with van der Waals surface area (Å²) in [6.07, 6.45) is 0. The minimum absolute atomic E-state index is 0.171. The number of nitrogens with one attached hydrogen (secondary N) is 2. The van der Waals surface area contributed by atoms with Crippen molar-refractivity contribution in [2.75, 3.05) is 22.9 Å². The number of ether oxygens (including phenoxy) is 1. The number of amides is 6. The van der Waals surface area contributed by atoms with Crippen molar-refractivity contribution in [3.05, 3.63) is 96.3 Å². The van der Waals surface area contributed by atoms with E-state index in [2.05, 4.69) is 17.2 Å². The van der Waals surface area contributed by atoms with E-state index in [1.807, 2.05) is 55.5 Å². The average Bonchev–Trinajstić information content (AvgIpc) is 3.25. The summed E-state index contributed by atoms with van der Waals surface area (Å²) >= 11 is 0. The molecule has 6 amide bonds. The van der Waals surface area contributed by atoms with Gasteiger partial charge in [-0.25, -0.2) is 24.2 Å². The second-order valence-corrected chi connectivity index (χ2v) is 8.53. The zero-order valence-electron chi connectivity index (χ0n) is 19.7. The van der Waals surface area contributed by atoms with E-state index in [4.69, 9.17) is 4.74 Å². The Morgan fingerprint density at radius 3 is 2.39 bits per heavy atom. The highest BCUT2D eigenvalue weighted by molar-refractivity contribution is 6.22. The van der Waals surface area contributed by atoms with Gasteiger partial charge in [-0.2, -0.15) is 0 Å².